The molecule has 3 aliphatic rings. The number of hydrogen-bond donors (Lipinski definition) is 0. The summed E-state index contributed by atoms with van der Waals surface area (Å²) in [5.74, 6) is 1.40. The summed E-state index contributed by atoms with van der Waals surface area (Å²) in [4.78, 5) is 23.0. The Balaban J connectivity index is 2.05. The Kier molecular flexibility index (Phi) is 4.35. The van der Waals surface area contributed by atoms with E-state index in [4.69, 9.17) is 4.74 Å². The summed E-state index contributed by atoms with van der Waals surface area (Å²) >= 11 is 0. The molecule has 23 heavy (non-hydrogen) atoms. The summed E-state index contributed by atoms with van der Waals surface area (Å²) in [6, 6.07) is 0. The summed E-state index contributed by atoms with van der Waals surface area (Å²) in [6.45, 7) is 10.9. The molecule has 5 atom stereocenters. The third-order valence-electron chi connectivity index (χ3n) is 6.46. The van der Waals surface area contributed by atoms with Crippen molar-refractivity contribution in [1.29, 1.82) is 0 Å². The SMILES string of the molecule is C=C(C)[C@@H]1CC[C@]2(C)C[C@H]1C1=C([C@H]2CC=O)[C@@H](CC(C)=O)OC1. The van der Waals surface area contributed by atoms with Gasteiger partial charge in [0, 0.05) is 12.8 Å². The molecule has 0 aromatic rings. The van der Waals surface area contributed by atoms with Crippen LogP contribution in [0.5, 0.6) is 0 Å². The zero-order valence-electron chi connectivity index (χ0n) is 14.6. The van der Waals surface area contributed by atoms with Crippen LogP contribution >= 0.6 is 0 Å². The van der Waals surface area contributed by atoms with Crippen LogP contribution in [0.1, 0.15) is 52.9 Å². The van der Waals surface area contributed by atoms with Gasteiger partial charge in [-0.2, -0.15) is 0 Å². The highest BCUT2D eigenvalue weighted by Crippen LogP contribution is 2.60. The van der Waals surface area contributed by atoms with Gasteiger partial charge in [0.2, 0.25) is 0 Å². The van der Waals surface area contributed by atoms with Crippen molar-refractivity contribution in [2.45, 2.75) is 59.0 Å². The standard InChI is InChI=1S/C20H28O3/c1-12(2)14-5-7-20(4)10-15(14)16-11-23-18(9-13(3)22)19(16)17(20)6-8-21/h8,14-15,17-18H,1,5-7,9-11H2,2-4H3/t14-,15+,17+,18+,20+/m0/s1. The van der Waals surface area contributed by atoms with Crippen LogP contribution in [0.2, 0.25) is 0 Å². The monoisotopic (exact) mass is 316 g/mol. The number of carbonyl (C=O) groups excluding carboxylic acids is 2. The van der Waals surface area contributed by atoms with Gasteiger partial charge in [-0.1, -0.05) is 19.1 Å². The molecule has 0 N–H and O–H groups in total. The number of ketones is 1. The Bertz CT molecular complexity index is 573. The smallest absolute Gasteiger partial charge is 0.132 e. The number of Topliss-reactive ketones (excluding diaryl/α,β-unsaturated/α-hetero) is 1. The van der Waals surface area contributed by atoms with Crippen LogP contribution in [0.25, 0.3) is 0 Å². The molecular weight excluding hydrogens is 288 g/mol. The fourth-order valence-corrected chi connectivity index (χ4v) is 5.36. The summed E-state index contributed by atoms with van der Waals surface area (Å²) in [7, 11) is 0. The van der Waals surface area contributed by atoms with E-state index in [1.165, 1.54) is 16.7 Å². The second-order valence-corrected chi connectivity index (χ2v) is 8.10. The minimum atomic E-state index is -0.113. The molecule has 0 spiro atoms. The number of allylic oxidation sites excluding steroid dienone is 1. The third kappa shape index (κ3) is 2.73. The maximum absolute atomic E-state index is 11.7. The Hall–Kier alpha value is -1.22. The van der Waals surface area contributed by atoms with Crippen LogP contribution in [-0.2, 0) is 14.3 Å². The van der Waals surface area contributed by atoms with Gasteiger partial charge in [0.25, 0.3) is 0 Å². The van der Waals surface area contributed by atoms with Gasteiger partial charge < -0.3 is 9.53 Å². The average molecular weight is 316 g/mol. The highest BCUT2D eigenvalue weighted by Gasteiger charge is 2.53. The van der Waals surface area contributed by atoms with Gasteiger partial charge in [0.05, 0.1) is 12.7 Å². The van der Waals surface area contributed by atoms with Crippen molar-refractivity contribution < 1.29 is 14.3 Å². The van der Waals surface area contributed by atoms with Gasteiger partial charge >= 0.3 is 0 Å². The zero-order chi connectivity index (χ0) is 16.8. The van der Waals surface area contributed by atoms with Crippen molar-refractivity contribution in [2.75, 3.05) is 6.61 Å². The molecule has 126 valence electrons. The van der Waals surface area contributed by atoms with E-state index in [1.807, 2.05) is 0 Å². The van der Waals surface area contributed by atoms with Gasteiger partial charge in [-0.15, -0.1) is 0 Å². The average Bonchev–Trinajstić information content (AvgIpc) is 2.86. The van der Waals surface area contributed by atoms with Crippen LogP contribution in [0.15, 0.2) is 23.3 Å². The fraction of sp³-hybridized carbons (Fsp3) is 0.700. The highest BCUT2D eigenvalue weighted by molar-refractivity contribution is 5.76. The number of hydrogen-bond acceptors (Lipinski definition) is 3. The molecule has 0 amide bonds. The third-order valence-corrected chi connectivity index (χ3v) is 6.46. The largest absolute Gasteiger partial charge is 0.369 e. The molecule has 1 fully saturated rings. The van der Waals surface area contributed by atoms with Crippen molar-refractivity contribution in [3.8, 4) is 0 Å². The van der Waals surface area contributed by atoms with Crippen LogP contribution in [-0.4, -0.2) is 24.8 Å². The van der Waals surface area contributed by atoms with Gasteiger partial charge in [-0.3, -0.25) is 4.79 Å². The lowest BCUT2D eigenvalue weighted by Crippen LogP contribution is -2.44. The van der Waals surface area contributed by atoms with Crippen molar-refractivity contribution >= 4 is 12.1 Å². The number of fused-ring (bicyclic) bond motifs is 3. The summed E-state index contributed by atoms with van der Waals surface area (Å²) < 4.78 is 6.03. The van der Waals surface area contributed by atoms with Crippen molar-refractivity contribution in [3.05, 3.63) is 23.3 Å². The zero-order valence-corrected chi connectivity index (χ0v) is 14.6. The quantitative estimate of drug-likeness (QED) is 0.571. The van der Waals surface area contributed by atoms with Crippen LogP contribution < -0.4 is 0 Å². The van der Waals surface area contributed by atoms with Gasteiger partial charge in [-0.05, 0) is 67.4 Å². The van der Waals surface area contributed by atoms with E-state index >= 15 is 0 Å². The molecule has 0 aromatic carbocycles. The first-order valence-corrected chi connectivity index (χ1v) is 8.80. The van der Waals surface area contributed by atoms with Gasteiger partial charge in [0.1, 0.15) is 12.1 Å². The lowest BCUT2D eigenvalue weighted by atomic mass is 9.51. The topological polar surface area (TPSA) is 43.4 Å². The molecule has 2 aliphatic carbocycles. The Morgan fingerprint density at radius 3 is 2.78 bits per heavy atom. The number of ether oxygens (including phenoxy) is 1. The Morgan fingerprint density at radius 1 is 1.43 bits per heavy atom. The molecule has 1 heterocycles. The summed E-state index contributed by atoms with van der Waals surface area (Å²) in [5.41, 5.74) is 4.08. The van der Waals surface area contributed by atoms with E-state index in [0.29, 0.717) is 31.3 Å². The molecule has 3 heteroatoms. The lowest BCUT2D eigenvalue weighted by Gasteiger charge is -2.52. The predicted molar refractivity (Wildman–Crippen MR) is 90.0 cm³/mol. The molecule has 0 aromatic heterocycles. The molecule has 1 aliphatic heterocycles. The molecule has 0 saturated heterocycles. The predicted octanol–water partition coefficient (Wildman–Crippen LogP) is 3.88. The normalized spacial score (nSPS) is 39.1. The minimum Gasteiger partial charge on any atom is -0.369 e. The van der Waals surface area contributed by atoms with E-state index in [0.717, 1.165) is 25.5 Å². The van der Waals surface area contributed by atoms with E-state index in [-0.39, 0.29) is 23.2 Å². The second-order valence-electron chi connectivity index (χ2n) is 8.10. The number of aldehydes is 1. The highest BCUT2D eigenvalue weighted by atomic mass is 16.5. The first-order chi connectivity index (χ1) is 10.9. The Morgan fingerprint density at radius 2 is 2.17 bits per heavy atom. The second kappa shape index (κ2) is 6.01. The van der Waals surface area contributed by atoms with E-state index in [1.54, 1.807) is 6.92 Å². The van der Waals surface area contributed by atoms with E-state index in [2.05, 4.69) is 20.4 Å². The van der Waals surface area contributed by atoms with Crippen LogP contribution in [0.4, 0.5) is 0 Å². The van der Waals surface area contributed by atoms with Crippen molar-refractivity contribution in [2.24, 2.45) is 23.2 Å². The van der Waals surface area contributed by atoms with Crippen molar-refractivity contribution in [3.63, 3.8) is 0 Å². The number of carbonyl (C=O) groups is 2. The van der Waals surface area contributed by atoms with Crippen LogP contribution in [0, 0.1) is 23.2 Å². The molecule has 0 radical (unpaired) electrons. The first kappa shape index (κ1) is 16.6. The molecule has 1 saturated carbocycles. The fourth-order valence-electron chi connectivity index (χ4n) is 5.36. The molecule has 3 nitrogen and oxygen atoms in total. The van der Waals surface area contributed by atoms with Crippen molar-refractivity contribution in [1.82, 2.24) is 0 Å². The van der Waals surface area contributed by atoms with Crippen LogP contribution in [0.3, 0.4) is 0 Å². The van der Waals surface area contributed by atoms with Gasteiger partial charge in [-0.25, -0.2) is 0 Å². The molecule has 3 rings (SSSR count). The number of rotatable bonds is 5. The van der Waals surface area contributed by atoms with E-state index in [9.17, 15) is 9.59 Å². The Labute approximate surface area is 139 Å². The maximum Gasteiger partial charge on any atom is 0.132 e. The molecule has 2 bridgehead atoms. The summed E-state index contributed by atoms with van der Waals surface area (Å²) in [6.07, 6.45) is 5.33. The first-order valence-electron chi connectivity index (χ1n) is 8.80. The minimum absolute atomic E-state index is 0.113. The molecule has 0 unspecified atom stereocenters. The summed E-state index contributed by atoms with van der Waals surface area (Å²) in [5, 5.41) is 0. The molecular formula is C20H28O3. The maximum atomic E-state index is 11.7. The van der Waals surface area contributed by atoms with E-state index < -0.39 is 0 Å². The van der Waals surface area contributed by atoms with Gasteiger partial charge in [0.15, 0.2) is 0 Å². The lowest BCUT2D eigenvalue weighted by molar-refractivity contribution is -0.118.